The first-order valence-corrected chi connectivity index (χ1v) is 6.18. The van der Waals surface area contributed by atoms with Gasteiger partial charge in [-0.3, -0.25) is 0 Å². The van der Waals surface area contributed by atoms with E-state index in [1.54, 1.807) is 0 Å². The lowest BCUT2D eigenvalue weighted by Gasteiger charge is -2.06. The molecule has 0 spiro atoms. The van der Waals surface area contributed by atoms with E-state index in [9.17, 15) is 0 Å². The number of hydrogen-bond acceptors (Lipinski definition) is 4. The molecule has 0 aliphatic rings. The van der Waals surface area contributed by atoms with Crippen molar-refractivity contribution >= 4 is 15.9 Å². The molecule has 0 aliphatic carbocycles. The van der Waals surface area contributed by atoms with Crippen LogP contribution in [-0.2, 0) is 13.0 Å². The van der Waals surface area contributed by atoms with Gasteiger partial charge in [-0.05, 0) is 30.7 Å². The van der Waals surface area contributed by atoms with Gasteiger partial charge in [-0.15, -0.1) is 0 Å². The van der Waals surface area contributed by atoms with Gasteiger partial charge in [-0.2, -0.15) is 4.98 Å². The number of benzene rings is 1. The lowest BCUT2D eigenvalue weighted by Crippen LogP contribution is -1.99. The highest BCUT2D eigenvalue weighted by Crippen LogP contribution is 2.22. The molecule has 4 nitrogen and oxygen atoms in total. The second-order valence-corrected chi connectivity index (χ2v) is 4.57. The first kappa shape index (κ1) is 12.1. The fraction of sp³-hybridized carbons (Fsp3) is 0.333. The van der Waals surface area contributed by atoms with Gasteiger partial charge in [-0.1, -0.05) is 28.0 Å². The minimum Gasteiger partial charge on any atom is -0.485 e. The lowest BCUT2D eigenvalue weighted by atomic mass is 10.2. The predicted molar refractivity (Wildman–Crippen MR) is 66.9 cm³/mol. The van der Waals surface area contributed by atoms with Crippen LogP contribution in [0.2, 0.25) is 0 Å². The zero-order valence-corrected chi connectivity index (χ0v) is 11.3. The molecule has 2 aromatic rings. The Kier molecular flexibility index (Phi) is 3.78. The summed E-state index contributed by atoms with van der Waals surface area (Å²) in [6.07, 6.45) is 0.740. The number of aromatic nitrogens is 2. The van der Waals surface area contributed by atoms with E-state index in [0.29, 0.717) is 18.3 Å². The third-order valence-electron chi connectivity index (χ3n) is 2.31. The summed E-state index contributed by atoms with van der Waals surface area (Å²) in [6.45, 7) is 4.29. The number of rotatable bonds is 4. The monoisotopic (exact) mass is 296 g/mol. The molecular formula is C12H13BrN2O2. The van der Waals surface area contributed by atoms with Gasteiger partial charge < -0.3 is 9.26 Å². The number of hydrogen-bond donors (Lipinski definition) is 0. The topological polar surface area (TPSA) is 48.2 Å². The number of halogens is 1. The van der Waals surface area contributed by atoms with E-state index in [-0.39, 0.29) is 0 Å². The van der Waals surface area contributed by atoms with Crippen LogP contribution < -0.4 is 4.74 Å². The van der Waals surface area contributed by atoms with Crippen LogP contribution in [0.3, 0.4) is 0 Å². The van der Waals surface area contributed by atoms with Gasteiger partial charge in [0.05, 0.1) is 0 Å². The third kappa shape index (κ3) is 3.06. The second-order valence-electron chi connectivity index (χ2n) is 3.66. The normalized spacial score (nSPS) is 10.5. The molecule has 0 N–H and O–H groups in total. The maximum absolute atomic E-state index is 5.63. The van der Waals surface area contributed by atoms with Crippen LogP contribution >= 0.6 is 15.9 Å². The van der Waals surface area contributed by atoms with Crippen LogP contribution in [0.4, 0.5) is 0 Å². The van der Waals surface area contributed by atoms with E-state index >= 15 is 0 Å². The Balaban J connectivity index is 2.02. The highest BCUT2D eigenvalue weighted by atomic mass is 79.9. The molecule has 90 valence electrons. The highest BCUT2D eigenvalue weighted by molar-refractivity contribution is 9.10. The molecule has 17 heavy (non-hydrogen) atoms. The zero-order chi connectivity index (χ0) is 12.3. The first-order chi connectivity index (χ1) is 8.19. The molecule has 0 saturated carbocycles. The fourth-order valence-electron chi connectivity index (χ4n) is 1.41. The van der Waals surface area contributed by atoms with Gasteiger partial charge in [0.15, 0.2) is 6.61 Å². The molecule has 0 bridgehead atoms. The number of aryl methyl sites for hydroxylation is 2. The number of ether oxygens (including phenoxy) is 1. The van der Waals surface area contributed by atoms with E-state index in [2.05, 4.69) is 26.1 Å². The molecule has 0 fully saturated rings. The van der Waals surface area contributed by atoms with Crippen molar-refractivity contribution in [1.29, 1.82) is 0 Å². The van der Waals surface area contributed by atoms with E-state index in [4.69, 9.17) is 9.26 Å². The first-order valence-electron chi connectivity index (χ1n) is 5.39. The molecule has 1 heterocycles. The van der Waals surface area contributed by atoms with Gasteiger partial charge in [0.2, 0.25) is 11.7 Å². The molecule has 0 unspecified atom stereocenters. The SMILES string of the molecule is CCc1nc(COc2ccc(Br)cc2C)no1. The lowest BCUT2D eigenvalue weighted by molar-refractivity contribution is 0.283. The van der Waals surface area contributed by atoms with Crippen LogP contribution in [0, 0.1) is 6.92 Å². The summed E-state index contributed by atoms with van der Waals surface area (Å²) in [5.41, 5.74) is 1.07. The van der Waals surface area contributed by atoms with Crippen molar-refractivity contribution in [2.24, 2.45) is 0 Å². The van der Waals surface area contributed by atoms with Gasteiger partial charge in [0.1, 0.15) is 5.75 Å². The molecule has 2 rings (SSSR count). The smallest absolute Gasteiger partial charge is 0.226 e. The summed E-state index contributed by atoms with van der Waals surface area (Å²) >= 11 is 3.41. The van der Waals surface area contributed by atoms with Crippen molar-refractivity contribution in [1.82, 2.24) is 10.1 Å². The number of nitrogens with zero attached hydrogens (tertiary/aromatic N) is 2. The molecule has 0 atom stereocenters. The van der Waals surface area contributed by atoms with Crippen molar-refractivity contribution in [2.75, 3.05) is 0 Å². The van der Waals surface area contributed by atoms with Crippen molar-refractivity contribution in [3.05, 3.63) is 40.0 Å². The molecular weight excluding hydrogens is 284 g/mol. The Morgan fingerprint density at radius 3 is 2.88 bits per heavy atom. The molecule has 1 aromatic carbocycles. The van der Waals surface area contributed by atoms with Crippen LogP contribution in [0.25, 0.3) is 0 Å². The van der Waals surface area contributed by atoms with Crippen molar-refractivity contribution in [3.8, 4) is 5.75 Å². The Morgan fingerprint density at radius 1 is 1.41 bits per heavy atom. The Morgan fingerprint density at radius 2 is 2.24 bits per heavy atom. The van der Waals surface area contributed by atoms with E-state index < -0.39 is 0 Å². The summed E-state index contributed by atoms with van der Waals surface area (Å²) < 4.78 is 11.7. The molecule has 0 saturated heterocycles. The average molecular weight is 297 g/mol. The minimum absolute atomic E-state index is 0.325. The quantitative estimate of drug-likeness (QED) is 0.869. The molecule has 0 radical (unpaired) electrons. The molecule has 0 amide bonds. The summed E-state index contributed by atoms with van der Waals surface area (Å²) in [6, 6.07) is 5.86. The Hall–Kier alpha value is -1.36. The molecule has 1 aromatic heterocycles. The van der Waals surface area contributed by atoms with Crippen molar-refractivity contribution in [3.63, 3.8) is 0 Å². The van der Waals surface area contributed by atoms with E-state index in [1.807, 2.05) is 32.0 Å². The van der Waals surface area contributed by atoms with E-state index in [1.165, 1.54) is 0 Å². The van der Waals surface area contributed by atoms with Crippen molar-refractivity contribution < 1.29 is 9.26 Å². The van der Waals surface area contributed by atoms with Crippen molar-refractivity contribution in [2.45, 2.75) is 26.9 Å². The second kappa shape index (κ2) is 5.31. The summed E-state index contributed by atoms with van der Waals surface area (Å²) in [5.74, 6) is 2.04. The highest BCUT2D eigenvalue weighted by Gasteiger charge is 2.06. The summed E-state index contributed by atoms with van der Waals surface area (Å²) in [7, 11) is 0. The Bertz CT molecular complexity index is 511. The fourth-order valence-corrected chi connectivity index (χ4v) is 1.88. The van der Waals surface area contributed by atoms with Crippen LogP contribution in [0.15, 0.2) is 27.2 Å². The van der Waals surface area contributed by atoms with Crippen LogP contribution in [0.1, 0.15) is 24.2 Å². The maximum atomic E-state index is 5.63. The van der Waals surface area contributed by atoms with Gasteiger partial charge in [0.25, 0.3) is 0 Å². The van der Waals surface area contributed by atoms with Crippen LogP contribution in [0.5, 0.6) is 5.75 Å². The van der Waals surface area contributed by atoms with Gasteiger partial charge in [-0.25, -0.2) is 0 Å². The molecule has 0 aliphatic heterocycles. The average Bonchev–Trinajstić information content (AvgIpc) is 2.76. The summed E-state index contributed by atoms with van der Waals surface area (Å²) in [4.78, 5) is 4.18. The van der Waals surface area contributed by atoms with Crippen LogP contribution in [-0.4, -0.2) is 10.1 Å². The maximum Gasteiger partial charge on any atom is 0.226 e. The zero-order valence-electron chi connectivity index (χ0n) is 9.74. The standard InChI is InChI=1S/C12H13BrN2O2/c1-3-12-14-11(15-17-12)7-16-10-5-4-9(13)6-8(10)2/h4-6H,3,7H2,1-2H3. The molecule has 5 heteroatoms. The largest absolute Gasteiger partial charge is 0.485 e. The summed E-state index contributed by atoms with van der Waals surface area (Å²) in [5, 5.41) is 3.83. The van der Waals surface area contributed by atoms with Gasteiger partial charge in [0, 0.05) is 10.9 Å². The minimum atomic E-state index is 0.325. The van der Waals surface area contributed by atoms with Gasteiger partial charge >= 0.3 is 0 Å². The Labute approximate surface area is 108 Å². The third-order valence-corrected chi connectivity index (χ3v) is 2.80. The predicted octanol–water partition coefficient (Wildman–Crippen LogP) is 3.28. The van der Waals surface area contributed by atoms with E-state index in [0.717, 1.165) is 22.2 Å².